The number of ketones is 1. The topological polar surface area (TPSA) is 115 Å². The average Bonchev–Trinajstić information content (AvgIpc) is 3.43. The van der Waals surface area contributed by atoms with E-state index in [-0.39, 0.29) is 27.3 Å². The number of anilines is 1. The van der Waals surface area contributed by atoms with Crippen LogP contribution in [0, 0.1) is 6.92 Å². The Morgan fingerprint density at radius 3 is 2.45 bits per heavy atom. The molecular formula is C28H26N2O7S. The lowest BCUT2D eigenvalue weighted by Gasteiger charge is -2.24. The van der Waals surface area contributed by atoms with E-state index in [2.05, 4.69) is 18.8 Å². The number of thiazole rings is 1. The lowest BCUT2D eigenvalue weighted by atomic mass is 9.93. The highest BCUT2D eigenvalue weighted by atomic mass is 32.1. The van der Waals surface area contributed by atoms with Crippen LogP contribution in [0.5, 0.6) is 11.5 Å². The Kier molecular flexibility index (Phi) is 6.66. The van der Waals surface area contributed by atoms with Gasteiger partial charge in [-0.05, 0) is 42.2 Å². The maximum atomic E-state index is 13.5. The number of ether oxygens (including phenoxy) is 3. The van der Waals surface area contributed by atoms with E-state index in [0.717, 1.165) is 16.9 Å². The Morgan fingerprint density at radius 2 is 1.79 bits per heavy atom. The molecule has 3 aromatic rings. The Morgan fingerprint density at radius 1 is 1.11 bits per heavy atom. The highest BCUT2D eigenvalue weighted by Gasteiger charge is 2.48. The molecule has 1 amide bonds. The van der Waals surface area contributed by atoms with Gasteiger partial charge in [-0.2, -0.15) is 0 Å². The number of carbonyl (C=O) groups excluding carboxylic acids is 3. The number of aryl methyl sites for hydroxylation is 1. The zero-order valence-corrected chi connectivity index (χ0v) is 22.1. The molecule has 10 heteroatoms. The largest absolute Gasteiger partial charge is 0.507 e. The first-order chi connectivity index (χ1) is 18.2. The number of nitrogens with zero attached hydrogens (tertiary/aromatic N) is 2. The van der Waals surface area contributed by atoms with Crippen LogP contribution >= 0.6 is 11.3 Å². The molecule has 38 heavy (non-hydrogen) atoms. The van der Waals surface area contributed by atoms with E-state index >= 15 is 0 Å². The highest BCUT2D eigenvalue weighted by Crippen LogP contribution is 2.45. The van der Waals surface area contributed by atoms with Gasteiger partial charge in [-0.1, -0.05) is 49.4 Å². The number of rotatable bonds is 5. The number of hydrogen-bond donors (Lipinski definition) is 1. The third-order valence-electron chi connectivity index (χ3n) is 6.54. The molecule has 0 bridgehead atoms. The van der Waals surface area contributed by atoms with Crippen molar-refractivity contribution in [1.82, 2.24) is 4.98 Å². The Balaban J connectivity index is 1.68. The summed E-state index contributed by atoms with van der Waals surface area (Å²) in [6, 6.07) is 11.4. The summed E-state index contributed by atoms with van der Waals surface area (Å²) in [4.78, 5) is 45.0. The number of amides is 1. The molecule has 1 saturated heterocycles. The van der Waals surface area contributed by atoms with E-state index in [0.29, 0.717) is 41.5 Å². The molecule has 9 nitrogen and oxygen atoms in total. The highest BCUT2D eigenvalue weighted by molar-refractivity contribution is 7.17. The average molecular weight is 535 g/mol. The van der Waals surface area contributed by atoms with Gasteiger partial charge in [0.2, 0.25) is 0 Å². The number of fused-ring (bicyclic) bond motifs is 1. The van der Waals surface area contributed by atoms with Gasteiger partial charge in [-0.3, -0.25) is 14.5 Å². The first kappa shape index (κ1) is 25.5. The molecule has 196 valence electrons. The molecule has 5 rings (SSSR count). The van der Waals surface area contributed by atoms with Crippen molar-refractivity contribution in [2.24, 2.45) is 0 Å². The van der Waals surface area contributed by atoms with Crippen LogP contribution in [0.3, 0.4) is 0 Å². The predicted octanol–water partition coefficient (Wildman–Crippen LogP) is 4.76. The minimum Gasteiger partial charge on any atom is -0.507 e. The van der Waals surface area contributed by atoms with Crippen molar-refractivity contribution in [3.05, 3.63) is 75.3 Å². The summed E-state index contributed by atoms with van der Waals surface area (Å²) in [5.74, 6) is -1.40. The summed E-state index contributed by atoms with van der Waals surface area (Å²) >= 11 is 0.956. The summed E-state index contributed by atoms with van der Waals surface area (Å²) in [6.45, 7) is 6.53. The second-order valence-corrected chi connectivity index (χ2v) is 10.2. The number of hydrogen-bond acceptors (Lipinski definition) is 9. The van der Waals surface area contributed by atoms with E-state index in [9.17, 15) is 19.5 Å². The Labute approximate surface area is 223 Å². The second-order valence-electron chi connectivity index (χ2n) is 9.25. The van der Waals surface area contributed by atoms with Crippen molar-refractivity contribution in [1.29, 1.82) is 0 Å². The monoisotopic (exact) mass is 534 g/mol. The van der Waals surface area contributed by atoms with Crippen molar-refractivity contribution >= 4 is 39.9 Å². The normalized spacial score (nSPS) is 18.2. The molecule has 0 saturated carbocycles. The predicted molar refractivity (Wildman–Crippen MR) is 141 cm³/mol. The molecule has 0 spiro atoms. The molecule has 0 radical (unpaired) electrons. The molecule has 2 aliphatic rings. The van der Waals surface area contributed by atoms with Gasteiger partial charge in [0, 0.05) is 5.56 Å². The summed E-state index contributed by atoms with van der Waals surface area (Å²) in [5, 5.41) is 11.6. The summed E-state index contributed by atoms with van der Waals surface area (Å²) in [5.41, 5.74) is 2.29. The summed E-state index contributed by atoms with van der Waals surface area (Å²) in [7, 11) is 1.26. The number of carbonyl (C=O) groups is 3. The molecule has 1 aromatic heterocycles. The number of esters is 1. The second kappa shape index (κ2) is 9.94. The van der Waals surface area contributed by atoms with Crippen LogP contribution in [-0.2, 0) is 14.3 Å². The van der Waals surface area contributed by atoms with Crippen LogP contribution in [0.1, 0.15) is 57.9 Å². The van der Waals surface area contributed by atoms with Crippen LogP contribution in [0.4, 0.5) is 5.13 Å². The number of aliphatic hydroxyl groups excluding tert-OH is 1. The van der Waals surface area contributed by atoms with E-state index in [4.69, 9.17) is 14.2 Å². The van der Waals surface area contributed by atoms with Crippen molar-refractivity contribution in [3.8, 4) is 11.5 Å². The summed E-state index contributed by atoms with van der Waals surface area (Å²) in [6.07, 6.45) is 0. The quantitative estimate of drug-likeness (QED) is 0.216. The van der Waals surface area contributed by atoms with Gasteiger partial charge in [-0.25, -0.2) is 9.78 Å². The SMILES string of the molecule is COC(=O)c1sc(N2C(=O)C(=O)C(=C(O)c3ccc4c(c3)OCCO4)[C@@H]2c2ccc(C(C)C)cc2)nc1C. The minimum atomic E-state index is -0.972. The third kappa shape index (κ3) is 4.30. The summed E-state index contributed by atoms with van der Waals surface area (Å²) < 4.78 is 16.0. The van der Waals surface area contributed by atoms with Crippen LogP contribution in [-0.4, -0.2) is 48.1 Å². The first-order valence-corrected chi connectivity index (χ1v) is 12.9. The molecular weight excluding hydrogens is 508 g/mol. The van der Waals surface area contributed by atoms with Crippen LogP contribution < -0.4 is 14.4 Å². The maximum Gasteiger partial charge on any atom is 0.350 e. The smallest absolute Gasteiger partial charge is 0.350 e. The maximum absolute atomic E-state index is 13.5. The van der Waals surface area contributed by atoms with E-state index < -0.39 is 23.7 Å². The fraction of sp³-hybridized carbons (Fsp3) is 0.286. The first-order valence-electron chi connectivity index (χ1n) is 12.1. The fourth-order valence-electron chi connectivity index (χ4n) is 4.52. The lowest BCUT2D eigenvalue weighted by Crippen LogP contribution is -2.29. The molecule has 0 unspecified atom stereocenters. The van der Waals surface area contributed by atoms with Crippen LogP contribution in [0.15, 0.2) is 48.0 Å². The Hall–Kier alpha value is -4.18. The number of aromatic nitrogens is 1. The van der Waals surface area contributed by atoms with Gasteiger partial charge in [0.1, 0.15) is 23.9 Å². The van der Waals surface area contributed by atoms with E-state index in [1.54, 1.807) is 25.1 Å². The lowest BCUT2D eigenvalue weighted by molar-refractivity contribution is -0.132. The number of Topliss-reactive ketones (excluding diaryl/α,β-unsaturated/α-hetero) is 1. The minimum absolute atomic E-state index is 0.0866. The van der Waals surface area contributed by atoms with Crippen molar-refractivity contribution < 1.29 is 33.7 Å². The number of aliphatic hydroxyl groups is 1. The molecule has 2 aliphatic heterocycles. The van der Waals surface area contributed by atoms with Crippen molar-refractivity contribution in [2.75, 3.05) is 25.2 Å². The van der Waals surface area contributed by atoms with Crippen molar-refractivity contribution in [3.63, 3.8) is 0 Å². The van der Waals surface area contributed by atoms with Gasteiger partial charge in [-0.15, -0.1) is 0 Å². The molecule has 0 aliphatic carbocycles. The van der Waals surface area contributed by atoms with E-state index in [1.165, 1.54) is 12.0 Å². The fourth-order valence-corrected chi connectivity index (χ4v) is 5.53. The molecule has 2 aromatic carbocycles. The zero-order chi connectivity index (χ0) is 27.1. The zero-order valence-electron chi connectivity index (χ0n) is 21.3. The van der Waals surface area contributed by atoms with Gasteiger partial charge < -0.3 is 19.3 Å². The molecule has 1 N–H and O–H groups in total. The third-order valence-corrected chi connectivity index (χ3v) is 7.68. The standard InChI is InChI=1S/C28H26N2O7S/c1-14(2)16-5-7-17(8-6-16)22-21(23(31)18-9-10-19-20(13-18)37-12-11-36-19)24(32)26(33)30(22)28-29-15(3)25(38-28)27(34)35-4/h5-10,13-14,22,31H,11-12H2,1-4H3/t22-/m0/s1. The van der Waals surface area contributed by atoms with Crippen molar-refractivity contribution in [2.45, 2.75) is 32.7 Å². The Bertz CT molecular complexity index is 1470. The van der Waals surface area contributed by atoms with Gasteiger partial charge in [0.15, 0.2) is 16.6 Å². The number of benzene rings is 2. The van der Waals surface area contributed by atoms with Crippen LogP contribution in [0.2, 0.25) is 0 Å². The van der Waals surface area contributed by atoms with Crippen LogP contribution in [0.25, 0.3) is 5.76 Å². The van der Waals surface area contributed by atoms with Gasteiger partial charge in [0.25, 0.3) is 5.78 Å². The molecule has 3 heterocycles. The molecule has 1 atom stereocenters. The number of methoxy groups -OCH3 is 1. The molecule has 1 fully saturated rings. The van der Waals surface area contributed by atoms with Gasteiger partial charge in [0.05, 0.1) is 24.4 Å². The van der Waals surface area contributed by atoms with Gasteiger partial charge >= 0.3 is 11.9 Å². The van der Waals surface area contributed by atoms with E-state index in [1.807, 2.05) is 24.3 Å².